The molecular formula is C15H25N5O. The average Bonchev–Trinajstić information content (AvgIpc) is 2.96. The summed E-state index contributed by atoms with van der Waals surface area (Å²) in [6.07, 6.45) is 7.44. The van der Waals surface area contributed by atoms with Gasteiger partial charge in [-0.1, -0.05) is 6.92 Å². The number of anilines is 2. The SMILES string of the molecule is CCCOc1ncnc(NC2CCN3CCCC3C2)c1N. The third-order valence-corrected chi connectivity index (χ3v) is 4.45. The van der Waals surface area contributed by atoms with Gasteiger partial charge in [-0.2, -0.15) is 4.98 Å². The highest BCUT2D eigenvalue weighted by Gasteiger charge is 2.32. The van der Waals surface area contributed by atoms with Gasteiger partial charge in [0.15, 0.2) is 5.82 Å². The number of rotatable bonds is 5. The zero-order valence-electron chi connectivity index (χ0n) is 12.7. The fourth-order valence-electron chi connectivity index (χ4n) is 3.36. The number of fused-ring (bicyclic) bond motifs is 1. The first-order chi connectivity index (χ1) is 10.3. The first kappa shape index (κ1) is 14.4. The van der Waals surface area contributed by atoms with Gasteiger partial charge in [0, 0.05) is 18.6 Å². The largest absolute Gasteiger partial charge is 0.476 e. The van der Waals surface area contributed by atoms with Crippen molar-refractivity contribution < 1.29 is 4.74 Å². The molecule has 0 radical (unpaired) electrons. The molecule has 2 aliphatic rings. The number of nitrogens with one attached hydrogen (secondary N) is 1. The van der Waals surface area contributed by atoms with Crippen LogP contribution in [0.5, 0.6) is 5.88 Å². The summed E-state index contributed by atoms with van der Waals surface area (Å²) >= 11 is 0. The zero-order valence-corrected chi connectivity index (χ0v) is 12.7. The fraction of sp³-hybridized carbons (Fsp3) is 0.733. The molecular weight excluding hydrogens is 266 g/mol. The lowest BCUT2D eigenvalue weighted by Crippen LogP contribution is -2.42. The Morgan fingerprint density at radius 3 is 3.14 bits per heavy atom. The van der Waals surface area contributed by atoms with Crippen LogP contribution in [0, 0.1) is 0 Å². The molecule has 1 aromatic heterocycles. The smallest absolute Gasteiger partial charge is 0.242 e. The van der Waals surface area contributed by atoms with Crippen molar-refractivity contribution in [2.75, 3.05) is 30.7 Å². The van der Waals surface area contributed by atoms with E-state index in [0.717, 1.165) is 18.9 Å². The molecule has 116 valence electrons. The van der Waals surface area contributed by atoms with Gasteiger partial charge in [-0.3, -0.25) is 0 Å². The Morgan fingerprint density at radius 2 is 2.29 bits per heavy atom. The van der Waals surface area contributed by atoms with Crippen LogP contribution in [0.2, 0.25) is 0 Å². The number of piperidine rings is 1. The van der Waals surface area contributed by atoms with E-state index in [2.05, 4.69) is 27.1 Å². The van der Waals surface area contributed by atoms with E-state index in [-0.39, 0.29) is 0 Å². The number of aromatic nitrogens is 2. The minimum Gasteiger partial charge on any atom is -0.476 e. The molecule has 2 saturated heterocycles. The maximum Gasteiger partial charge on any atom is 0.242 e. The Kier molecular flexibility index (Phi) is 4.43. The van der Waals surface area contributed by atoms with Crippen LogP contribution in [0.15, 0.2) is 6.33 Å². The van der Waals surface area contributed by atoms with E-state index >= 15 is 0 Å². The number of nitrogen functional groups attached to an aromatic ring is 1. The second-order valence-corrected chi connectivity index (χ2v) is 5.99. The summed E-state index contributed by atoms with van der Waals surface area (Å²) in [5.41, 5.74) is 6.65. The number of ether oxygens (including phenoxy) is 1. The van der Waals surface area contributed by atoms with Crippen LogP contribution in [0.25, 0.3) is 0 Å². The molecule has 2 unspecified atom stereocenters. The van der Waals surface area contributed by atoms with Crippen LogP contribution in [0.1, 0.15) is 39.0 Å². The van der Waals surface area contributed by atoms with Crippen LogP contribution in [-0.2, 0) is 0 Å². The van der Waals surface area contributed by atoms with Crippen molar-refractivity contribution in [2.24, 2.45) is 0 Å². The van der Waals surface area contributed by atoms with E-state index in [9.17, 15) is 0 Å². The molecule has 2 fully saturated rings. The number of nitrogens with zero attached hydrogens (tertiary/aromatic N) is 3. The Morgan fingerprint density at radius 1 is 1.38 bits per heavy atom. The van der Waals surface area contributed by atoms with Crippen LogP contribution in [0.3, 0.4) is 0 Å². The molecule has 0 bridgehead atoms. The summed E-state index contributed by atoms with van der Waals surface area (Å²) in [5.74, 6) is 1.21. The molecule has 2 aliphatic heterocycles. The van der Waals surface area contributed by atoms with Crippen LogP contribution in [0.4, 0.5) is 11.5 Å². The molecule has 6 nitrogen and oxygen atoms in total. The molecule has 1 aromatic rings. The van der Waals surface area contributed by atoms with E-state index in [1.165, 1.54) is 38.7 Å². The molecule has 3 rings (SSSR count). The lowest BCUT2D eigenvalue weighted by atomic mass is 9.97. The summed E-state index contributed by atoms with van der Waals surface area (Å²) in [5, 5.41) is 3.50. The molecule has 0 spiro atoms. The van der Waals surface area contributed by atoms with Gasteiger partial charge in [-0.05, 0) is 38.6 Å². The monoisotopic (exact) mass is 291 g/mol. The van der Waals surface area contributed by atoms with Gasteiger partial charge in [0.05, 0.1) is 6.61 Å². The Hall–Kier alpha value is -1.56. The van der Waals surface area contributed by atoms with Gasteiger partial charge in [-0.25, -0.2) is 4.98 Å². The minimum absolute atomic E-state index is 0.445. The second-order valence-electron chi connectivity index (χ2n) is 5.99. The summed E-state index contributed by atoms with van der Waals surface area (Å²) in [4.78, 5) is 11.0. The first-order valence-corrected chi connectivity index (χ1v) is 8.01. The van der Waals surface area contributed by atoms with E-state index in [1.807, 2.05) is 0 Å². The Bertz CT molecular complexity index is 481. The summed E-state index contributed by atoms with van der Waals surface area (Å²) < 4.78 is 5.56. The molecule has 21 heavy (non-hydrogen) atoms. The predicted octanol–water partition coefficient (Wildman–Crippen LogP) is 1.89. The third kappa shape index (κ3) is 3.20. The van der Waals surface area contributed by atoms with Gasteiger partial charge in [0.25, 0.3) is 0 Å². The number of nitrogens with two attached hydrogens (primary N) is 1. The van der Waals surface area contributed by atoms with Crippen molar-refractivity contribution in [1.29, 1.82) is 0 Å². The predicted molar refractivity (Wildman–Crippen MR) is 83.5 cm³/mol. The maximum absolute atomic E-state index is 6.13. The maximum atomic E-state index is 6.13. The summed E-state index contributed by atoms with van der Waals surface area (Å²) in [6.45, 7) is 5.13. The topological polar surface area (TPSA) is 76.3 Å². The molecule has 3 N–H and O–H groups in total. The van der Waals surface area contributed by atoms with E-state index in [4.69, 9.17) is 10.5 Å². The molecule has 6 heteroatoms. The molecule has 0 aromatic carbocycles. The van der Waals surface area contributed by atoms with Crippen molar-refractivity contribution >= 4 is 11.5 Å². The highest BCUT2D eigenvalue weighted by atomic mass is 16.5. The van der Waals surface area contributed by atoms with Crippen molar-refractivity contribution in [2.45, 2.75) is 51.1 Å². The first-order valence-electron chi connectivity index (χ1n) is 8.01. The van der Waals surface area contributed by atoms with Gasteiger partial charge in [0.1, 0.15) is 12.0 Å². The molecule has 3 heterocycles. The normalized spacial score (nSPS) is 25.6. The van der Waals surface area contributed by atoms with E-state index in [0.29, 0.717) is 30.0 Å². The Labute approximate surface area is 126 Å². The van der Waals surface area contributed by atoms with Crippen molar-refractivity contribution in [3.63, 3.8) is 0 Å². The van der Waals surface area contributed by atoms with E-state index in [1.54, 1.807) is 0 Å². The summed E-state index contributed by atoms with van der Waals surface area (Å²) in [7, 11) is 0. The molecule has 0 aliphatic carbocycles. The van der Waals surface area contributed by atoms with E-state index < -0.39 is 0 Å². The highest BCUT2D eigenvalue weighted by Crippen LogP contribution is 2.31. The quantitative estimate of drug-likeness (QED) is 0.862. The zero-order chi connectivity index (χ0) is 14.7. The Balaban J connectivity index is 1.64. The van der Waals surface area contributed by atoms with Crippen LogP contribution in [-0.4, -0.2) is 46.6 Å². The van der Waals surface area contributed by atoms with Crippen molar-refractivity contribution in [3.05, 3.63) is 6.33 Å². The average molecular weight is 291 g/mol. The molecule has 0 amide bonds. The minimum atomic E-state index is 0.445. The van der Waals surface area contributed by atoms with Crippen LogP contribution >= 0.6 is 0 Å². The highest BCUT2D eigenvalue weighted by molar-refractivity contribution is 5.66. The van der Waals surface area contributed by atoms with Crippen molar-refractivity contribution in [3.8, 4) is 5.88 Å². The number of hydrogen-bond acceptors (Lipinski definition) is 6. The lowest BCUT2D eigenvalue weighted by Gasteiger charge is -2.35. The van der Waals surface area contributed by atoms with Crippen molar-refractivity contribution in [1.82, 2.24) is 14.9 Å². The molecule has 2 atom stereocenters. The second kappa shape index (κ2) is 6.47. The van der Waals surface area contributed by atoms with Gasteiger partial charge >= 0.3 is 0 Å². The number of hydrogen-bond donors (Lipinski definition) is 2. The van der Waals surface area contributed by atoms with Gasteiger partial charge in [-0.15, -0.1) is 0 Å². The summed E-state index contributed by atoms with van der Waals surface area (Å²) in [6, 6.07) is 1.18. The third-order valence-electron chi connectivity index (χ3n) is 4.45. The fourth-order valence-corrected chi connectivity index (χ4v) is 3.36. The van der Waals surface area contributed by atoms with Gasteiger partial charge in [0.2, 0.25) is 5.88 Å². The van der Waals surface area contributed by atoms with Crippen LogP contribution < -0.4 is 15.8 Å². The lowest BCUT2D eigenvalue weighted by molar-refractivity contribution is 0.188. The molecule has 0 saturated carbocycles. The van der Waals surface area contributed by atoms with Gasteiger partial charge < -0.3 is 20.7 Å². The standard InChI is InChI=1S/C15H25N5O/c1-2-8-21-15-13(16)14(17-10-18-15)19-11-5-7-20-6-3-4-12(20)9-11/h10-12H,2-9,16H2,1H3,(H,17,18,19).